The van der Waals surface area contributed by atoms with E-state index in [2.05, 4.69) is 78.7 Å². The fourth-order valence-electron chi connectivity index (χ4n) is 1.90. The van der Waals surface area contributed by atoms with Crippen molar-refractivity contribution < 1.29 is 0 Å². The van der Waals surface area contributed by atoms with Gasteiger partial charge in [0.1, 0.15) is 0 Å². The molecule has 1 aromatic carbocycles. The summed E-state index contributed by atoms with van der Waals surface area (Å²) in [5.74, 6) is 0.898. The van der Waals surface area contributed by atoms with Gasteiger partial charge in [0.2, 0.25) is 0 Å². The lowest BCUT2D eigenvalue weighted by molar-refractivity contribution is 0.255. The van der Waals surface area contributed by atoms with Crippen molar-refractivity contribution >= 4 is 29.9 Å². The number of rotatable bonds is 7. The zero-order valence-corrected chi connectivity index (χ0v) is 15.9. The van der Waals surface area contributed by atoms with Gasteiger partial charge in [-0.25, -0.2) is 0 Å². The van der Waals surface area contributed by atoms with E-state index in [-0.39, 0.29) is 24.0 Å². The zero-order chi connectivity index (χ0) is 14.8. The van der Waals surface area contributed by atoms with Gasteiger partial charge in [-0.3, -0.25) is 9.89 Å². The van der Waals surface area contributed by atoms with Crippen LogP contribution in [0, 0.1) is 0 Å². The van der Waals surface area contributed by atoms with Gasteiger partial charge < -0.3 is 10.6 Å². The minimum Gasteiger partial charge on any atom is -0.357 e. The zero-order valence-electron chi connectivity index (χ0n) is 13.6. The Kier molecular flexibility index (Phi) is 11.3. The molecule has 0 aliphatic rings. The third-order valence-corrected chi connectivity index (χ3v) is 3.23. The van der Waals surface area contributed by atoms with E-state index < -0.39 is 0 Å². The SMILES string of the molecule is CCNC(=NCC(C)N(C)Cc1ccccc1)NCC.I. The van der Waals surface area contributed by atoms with Crippen molar-refractivity contribution in [2.45, 2.75) is 33.4 Å². The van der Waals surface area contributed by atoms with E-state index in [1.165, 1.54) is 5.56 Å². The van der Waals surface area contributed by atoms with Crippen molar-refractivity contribution in [2.75, 3.05) is 26.7 Å². The van der Waals surface area contributed by atoms with E-state index in [4.69, 9.17) is 0 Å². The van der Waals surface area contributed by atoms with Gasteiger partial charge in [0.05, 0.1) is 6.54 Å². The van der Waals surface area contributed by atoms with Crippen LogP contribution in [0.4, 0.5) is 0 Å². The summed E-state index contributed by atoms with van der Waals surface area (Å²) in [5, 5.41) is 6.50. The molecule has 1 atom stereocenters. The summed E-state index contributed by atoms with van der Waals surface area (Å²) in [6.45, 7) is 9.89. The molecule has 0 fully saturated rings. The van der Waals surface area contributed by atoms with Crippen molar-refractivity contribution in [1.82, 2.24) is 15.5 Å². The third kappa shape index (κ3) is 8.26. The number of halogens is 1. The van der Waals surface area contributed by atoms with Crippen molar-refractivity contribution in [1.29, 1.82) is 0 Å². The fraction of sp³-hybridized carbons (Fsp3) is 0.562. The van der Waals surface area contributed by atoms with E-state index in [1.807, 2.05) is 0 Å². The average Bonchev–Trinajstić information content (AvgIpc) is 2.46. The number of hydrogen-bond donors (Lipinski definition) is 2. The predicted octanol–water partition coefficient (Wildman–Crippen LogP) is 2.70. The number of guanidine groups is 1. The topological polar surface area (TPSA) is 39.7 Å². The summed E-state index contributed by atoms with van der Waals surface area (Å²) in [7, 11) is 2.15. The Morgan fingerprint density at radius 1 is 1.14 bits per heavy atom. The number of nitrogens with zero attached hydrogens (tertiary/aromatic N) is 2. The van der Waals surface area contributed by atoms with Crippen molar-refractivity contribution in [3.63, 3.8) is 0 Å². The molecule has 0 spiro atoms. The average molecular weight is 404 g/mol. The van der Waals surface area contributed by atoms with Gasteiger partial charge in [-0.05, 0) is 33.4 Å². The van der Waals surface area contributed by atoms with Crippen LogP contribution in [0.25, 0.3) is 0 Å². The van der Waals surface area contributed by atoms with Crippen molar-refractivity contribution in [3.8, 4) is 0 Å². The lowest BCUT2D eigenvalue weighted by atomic mass is 10.2. The molecule has 120 valence electrons. The third-order valence-electron chi connectivity index (χ3n) is 3.23. The summed E-state index contributed by atoms with van der Waals surface area (Å²) in [6.07, 6.45) is 0. The molecule has 5 heteroatoms. The molecule has 1 unspecified atom stereocenters. The van der Waals surface area contributed by atoms with Crippen LogP contribution in [0.3, 0.4) is 0 Å². The Labute approximate surface area is 146 Å². The van der Waals surface area contributed by atoms with E-state index in [1.54, 1.807) is 0 Å². The molecule has 0 saturated carbocycles. The van der Waals surface area contributed by atoms with Gasteiger partial charge in [0, 0.05) is 25.7 Å². The molecule has 0 amide bonds. The highest BCUT2D eigenvalue weighted by atomic mass is 127. The van der Waals surface area contributed by atoms with E-state index in [0.717, 1.165) is 32.1 Å². The van der Waals surface area contributed by atoms with Gasteiger partial charge in [0.25, 0.3) is 0 Å². The molecular weight excluding hydrogens is 375 g/mol. The number of nitrogens with one attached hydrogen (secondary N) is 2. The summed E-state index contributed by atoms with van der Waals surface area (Å²) in [4.78, 5) is 6.95. The molecule has 21 heavy (non-hydrogen) atoms. The molecule has 0 bridgehead atoms. The Hall–Kier alpha value is -0.820. The second-order valence-electron chi connectivity index (χ2n) is 5.00. The highest BCUT2D eigenvalue weighted by Crippen LogP contribution is 2.06. The lowest BCUT2D eigenvalue weighted by Gasteiger charge is -2.23. The first-order chi connectivity index (χ1) is 9.67. The molecule has 0 radical (unpaired) electrons. The van der Waals surface area contributed by atoms with E-state index in [0.29, 0.717) is 6.04 Å². The molecule has 0 saturated heterocycles. The maximum atomic E-state index is 4.62. The maximum Gasteiger partial charge on any atom is 0.191 e. The van der Waals surface area contributed by atoms with E-state index in [9.17, 15) is 0 Å². The highest BCUT2D eigenvalue weighted by molar-refractivity contribution is 14.0. The number of likely N-dealkylation sites (N-methyl/N-ethyl adjacent to an activating group) is 1. The molecule has 4 nitrogen and oxygen atoms in total. The van der Waals surface area contributed by atoms with Gasteiger partial charge >= 0.3 is 0 Å². The molecule has 1 rings (SSSR count). The molecule has 0 aromatic heterocycles. The van der Waals surface area contributed by atoms with Crippen LogP contribution in [0.15, 0.2) is 35.3 Å². The highest BCUT2D eigenvalue weighted by Gasteiger charge is 2.09. The minimum atomic E-state index is 0. The monoisotopic (exact) mass is 404 g/mol. The molecular formula is C16H29IN4. The Balaban J connectivity index is 0.00000400. The lowest BCUT2D eigenvalue weighted by Crippen LogP contribution is -2.39. The maximum absolute atomic E-state index is 4.62. The Morgan fingerprint density at radius 2 is 1.71 bits per heavy atom. The van der Waals surface area contributed by atoms with Crippen LogP contribution in [-0.4, -0.2) is 43.6 Å². The van der Waals surface area contributed by atoms with Crippen LogP contribution in [0.1, 0.15) is 26.3 Å². The largest absolute Gasteiger partial charge is 0.357 e. The number of benzene rings is 1. The van der Waals surface area contributed by atoms with Crippen LogP contribution in [0.2, 0.25) is 0 Å². The summed E-state index contributed by atoms with van der Waals surface area (Å²) >= 11 is 0. The Bertz CT molecular complexity index is 387. The fourth-order valence-corrected chi connectivity index (χ4v) is 1.90. The van der Waals surface area contributed by atoms with Crippen molar-refractivity contribution in [3.05, 3.63) is 35.9 Å². The standard InChI is InChI=1S/C16H28N4.HI/c1-5-17-16(18-6-2)19-12-14(3)20(4)13-15-10-8-7-9-11-15;/h7-11,14H,5-6,12-13H2,1-4H3,(H2,17,18,19);1H. The smallest absolute Gasteiger partial charge is 0.191 e. The number of hydrogen-bond acceptors (Lipinski definition) is 2. The normalized spacial score (nSPS) is 11.5. The summed E-state index contributed by atoms with van der Waals surface area (Å²) in [5.41, 5.74) is 1.34. The first-order valence-corrected chi connectivity index (χ1v) is 7.43. The molecule has 0 aliphatic heterocycles. The first kappa shape index (κ1) is 20.2. The number of aliphatic imine (C=N–C) groups is 1. The second kappa shape index (κ2) is 11.8. The summed E-state index contributed by atoms with van der Waals surface area (Å²) < 4.78 is 0. The predicted molar refractivity (Wildman–Crippen MR) is 102 cm³/mol. The molecule has 0 aliphatic carbocycles. The molecule has 2 N–H and O–H groups in total. The molecule has 1 aromatic rings. The van der Waals surface area contributed by atoms with Crippen LogP contribution < -0.4 is 10.6 Å². The first-order valence-electron chi connectivity index (χ1n) is 7.43. The Morgan fingerprint density at radius 3 is 2.24 bits per heavy atom. The van der Waals surface area contributed by atoms with Gasteiger partial charge in [-0.2, -0.15) is 0 Å². The van der Waals surface area contributed by atoms with Crippen LogP contribution in [0.5, 0.6) is 0 Å². The molecule has 0 heterocycles. The quantitative estimate of drug-likeness (QED) is 0.417. The van der Waals surface area contributed by atoms with E-state index >= 15 is 0 Å². The van der Waals surface area contributed by atoms with Crippen LogP contribution in [-0.2, 0) is 6.54 Å². The minimum absolute atomic E-state index is 0. The second-order valence-corrected chi connectivity index (χ2v) is 5.00. The van der Waals surface area contributed by atoms with Crippen molar-refractivity contribution in [2.24, 2.45) is 4.99 Å². The van der Waals surface area contributed by atoms with Gasteiger partial charge in [-0.1, -0.05) is 30.3 Å². The van der Waals surface area contributed by atoms with Gasteiger partial charge in [-0.15, -0.1) is 24.0 Å². The summed E-state index contributed by atoms with van der Waals surface area (Å²) in [6, 6.07) is 10.9. The van der Waals surface area contributed by atoms with Crippen LogP contribution >= 0.6 is 24.0 Å². The van der Waals surface area contributed by atoms with Gasteiger partial charge in [0.15, 0.2) is 5.96 Å².